The van der Waals surface area contributed by atoms with E-state index in [1.165, 1.54) is 6.92 Å². The van der Waals surface area contributed by atoms with Crippen molar-refractivity contribution in [3.05, 3.63) is 89.5 Å². The van der Waals surface area contributed by atoms with Crippen molar-refractivity contribution in [1.29, 1.82) is 0 Å². The van der Waals surface area contributed by atoms with E-state index < -0.39 is 12.0 Å². The number of methoxy groups -OCH3 is 1. The van der Waals surface area contributed by atoms with Gasteiger partial charge in [-0.15, -0.1) is 0 Å². The highest BCUT2D eigenvalue weighted by atomic mass is 16.5. The van der Waals surface area contributed by atoms with Crippen LogP contribution < -0.4 is 15.4 Å². The van der Waals surface area contributed by atoms with Crippen LogP contribution in [0.25, 0.3) is 0 Å². The number of carbonyl (C=O) groups excluding carboxylic acids is 3. The van der Waals surface area contributed by atoms with Crippen molar-refractivity contribution in [1.82, 2.24) is 4.90 Å². The van der Waals surface area contributed by atoms with Crippen LogP contribution in [0, 0.1) is 0 Å². The Balaban J connectivity index is 1.70. The molecule has 3 aromatic carbocycles. The van der Waals surface area contributed by atoms with Gasteiger partial charge >= 0.3 is 0 Å². The predicted octanol–water partition coefficient (Wildman–Crippen LogP) is 4.20. The lowest BCUT2D eigenvalue weighted by atomic mass is 9.79. The van der Waals surface area contributed by atoms with Gasteiger partial charge in [-0.1, -0.05) is 30.3 Å². The Morgan fingerprint density at radius 3 is 2.09 bits per heavy atom. The van der Waals surface area contributed by atoms with Gasteiger partial charge in [0, 0.05) is 30.9 Å². The van der Waals surface area contributed by atoms with Crippen LogP contribution >= 0.6 is 0 Å². The maximum atomic E-state index is 13.6. The van der Waals surface area contributed by atoms with E-state index in [-0.39, 0.29) is 17.7 Å². The highest BCUT2D eigenvalue weighted by Gasteiger charge is 2.42. The molecule has 0 spiro atoms. The summed E-state index contributed by atoms with van der Waals surface area (Å²) in [6, 6.07) is 21.0. The average Bonchev–Trinajstić information content (AvgIpc) is 2.82. The Hall–Kier alpha value is -4.13. The minimum absolute atomic E-state index is 0.130. The number of likely N-dealkylation sites (N-methyl/N-ethyl adjacent to an activating group) is 1. The fraction of sp³-hybridized carbons (Fsp3) is 0.192. The summed E-state index contributed by atoms with van der Waals surface area (Å²) in [5, 5.41) is 5.68. The second-order valence-electron chi connectivity index (χ2n) is 7.95. The Morgan fingerprint density at radius 1 is 0.879 bits per heavy atom. The van der Waals surface area contributed by atoms with Gasteiger partial charge in [-0.3, -0.25) is 14.4 Å². The second-order valence-corrected chi connectivity index (χ2v) is 7.95. The molecule has 0 saturated carbocycles. The van der Waals surface area contributed by atoms with Crippen LogP contribution in [0.2, 0.25) is 0 Å². The van der Waals surface area contributed by atoms with E-state index in [0.717, 1.165) is 5.56 Å². The summed E-state index contributed by atoms with van der Waals surface area (Å²) in [5.41, 5.74) is 3.28. The summed E-state index contributed by atoms with van der Waals surface area (Å²) in [7, 11) is 3.31. The second kappa shape index (κ2) is 9.16. The number of ether oxygens (including phenoxy) is 1. The Kier molecular flexibility index (Phi) is 6.13. The summed E-state index contributed by atoms with van der Waals surface area (Å²) in [5.74, 6) is -0.442. The van der Waals surface area contributed by atoms with E-state index >= 15 is 0 Å². The molecule has 0 aliphatic carbocycles. The first kappa shape index (κ1) is 22.1. The summed E-state index contributed by atoms with van der Waals surface area (Å²) in [6.45, 7) is 1.44. The van der Waals surface area contributed by atoms with Gasteiger partial charge in [0.2, 0.25) is 11.8 Å². The molecule has 1 aliphatic rings. The van der Waals surface area contributed by atoms with Crippen molar-refractivity contribution < 1.29 is 19.1 Å². The zero-order valence-corrected chi connectivity index (χ0v) is 18.7. The molecule has 168 valence electrons. The third kappa shape index (κ3) is 4.43. The van der Waals surface area contributed by atoms with E-state index in [1.54, 1.807) is 55.5 Å². The van der Waals surface area contributed by atoms with E-state index in [2.05, 4.69) is 10.6 Å². The molecule has 4 rings (SSSR count). The minimum Gasteiger partial charge on any atom is -0.497 e. The first-order valence-electron chi connectivity index (χ1n) is 10.6. The van der Waals surface area contributed by atoms with Gasteiger partial charge in [0.15, 0.2) is 0 Å². The standard InChI is InChI=1S/C26H25N3O4/c1-16(30)27-18-10-12-19(13-11-18)28-25(31)23-21-6-4-5-7-22(21)26(32)29(2)24(23)17-8-14-20(33-3)15-9-17/h4-15,23-24H,1-3H3,(H,27,30)(H,28,31)/t23-,24-/m0/s1. The molecule has 33 heavy (non-hydrogen) atoms. The predicted molar refractivity (Wildman–Crippen MR) is 126 cm³/mol. The quantitative estimate of drug-likeness (QED) is 0.619. The summed E-state index contributed by atoms with van der Waals surface area (Å²) in [4.78, 5) is 39.6. The van der Waals surface area contributed by atoms with Crippen molar-refractivity contribution in [2.24, 2.45) is 0 Å². The van der Waals surface area contributed by atoms with Gasteiger partial charge < -0.3 is 20.3 Å². The number of hydrogen-bond acceptors (Lipinski definition) is 4. The monoisotopic (exact) mass is 443 g/mol. The largest absolute Gasteiger partial charge is 0.497 e. The van der Waals surface area contributed by atoms with Crippen molar-refractivity contribution >= 4 is 29.1 Å². The molecule has 1 aliphatic heterocycles. The number of amides is 3. The third-order valence-electron chi connectivity index (χ3n) is 5.79. The molecule has 2 atom stereocenters. The first-order valence-corrected chi connectivity index (χ1v) is 10.6. The molecule has 0 radical (unpaired) electrons. The smallest absolute Gasteiger partial charge is 0.254 e. The number of anilines is 2. The Morgan fingerprint density at radius 2 is 1.48 bits per heavy atom. The van der Waals surface area contributed by atoms with Crippen LogP contribution in [0.4, 0.5) is 11.4 Å². The maximum absolute atomic E-state index is 13.6. The molecule has 2 N–H and O–H groups in total. The molecule has 0 aromatic heterocycles. The SMILES string of the molecule is COc1ccc([C@H]2[C@@H](C(=O)Nc3ccc(NC(C)=O)cc3)c3ccccc3C(=O)N2C)cc1. The number of benzene rings is 3. The number of fused-ring (bicyclic) bond motifs is 1. The van der Waals surface area contributed by atoms with Crippen LogP contribution in [-0.2, 0) is 9.59 Å². The van der Waals surface area contributed by atoms with Crippen LogP contribution in [0.15, 0.2) is 72.8 Å². The fourth-order valence-electron chi connectivity index (χ4n) is 4.23. The highest BCUT2D eigenvalue weighted by molar-refractivity contribution is 6.04. The van der Waals surface area contributed by atoms with Gasteiger partial charge in [0.25, 0.3) is 5.91 Å². The minimum atomic E-state index is -0.618. The first-order chi connectivity index (χ1) is 15.9. The van der Waals surface area contributed by atoms with Gasteiger partial charge in [-0.2, -0.15) is 0 Å². The molecule has 0 bridgehead atoms. The number of carbonyl (C=O) groups is 3. The zero-order chi connectivity index (χ0) is 23.5. The zero-order valence-electron chi connectivity index (χ0n) is 18.7. The number of rotatable bonds is 5. The summed E-state index contributed by atoms with van der Waals surface area (Å²) < 4.78 is 5.26. The van der Waals surface area contributed by atoms with E-state index in [4.69, 9.17) is 4.74 Å². The molecule has 1 heterocycles. The molecular formula is C26H25N3O4. The number of nitrogens with one attached hydrogen (secondary N) is 2. The van der Waals surface area contributed by atoms with Crippen molar-refractivity contribution in [2.75, 3.05) is 24.8 Å². The van der Waals surface area contributed by atoms with Crippen molar-refractivity contribution in [3.63, 3.8) is 0 Å². The van der Waals surface area contributed by atoms with E-state index in [1.807, 2.05) is 36.4 Å². The lowest BCUT2D eigenvalue weighted by Crippen LogP contribution is -2.44. The number of nitrogens with zero attached hydrogens (tertiary/aromatic N) is 1. The van der Waals surface area contributed by atoms with Crippen LogP contribution in [0.5, 0.6) is 5.75 Å². The Labute approximate surface area is 192 Å². The highest BCUT2D eigenvalue weighted by Crippen LogP contribution is 2.42. The molecule has 7 heteroatoms. The summed E-state index contributed by atoms with van der Waals surface area (Å²) in [6.07, 6.45) is 0. The van der Waals surface area contributed by atoms with E-state index in [0.29, 0.717) is 28.3 Å². The van der Waals surface area contributed by atoms with Gasteiger partial charge in [-0.05, 0) is 53.6 Å². The molecular weight excluding hydrogens is 418 g/mol. The van der Waals surface area contributed by atoms with Gasteiger partial charge in [-0.25, -0.2) is 0 Å². The van der Waals surface area contributed by atoms with Crippen LogP contribution in [0.3, 0.4) is 0 Å². The van der Waals surface area contributed by atoms with Crippen molar-refractivity contribution in [2.45, 2.75) is 18.9 Å². The lowest BCUT2D eigenvalue weighted by molar-refractivity contribution is -0.119. The normalized spacial score (nSPS) is 17.2. The average molecular weight is 444 g/mol. The molecule has 0 saturated heterocycles. The molecule has 7 nitrogen and oxygen atoms in total. The van der Waals surface area contributed by atoms with Crippen molar-refractivity contribution in [3.8, 4) is 5.75 Å². The summed E-state index contributed by atoms with van der Waals surface area (Å²) >= 11 is 0. The Bertz CT molecular complexity index is 1190. The van der Waals surface area contributed by atoms with E-state index in [9.17, 15) is 14.4 Å². The van der Waals surface area contributed by atoms with Gasteiger partial charge in [0.05, 0.1) is 19.1 Å². The molecule has 3 aromatic rings. The molecule has 3 amide bonds. The molecule has 0 fully saturated rings. The van der Waals surface area contributed by atoms with Crippen LogP contribution in [0.1, 0.15) is 40.4 Å². The fourth-order valence-corrected chi connectivity index (χ4v) is 4.23. The topological polar surface area (TPSA) is 87.7 Å². The third-order valence-corrected chi connectivity index (χ3v) is 5.79. The van der Waals surface area contributed by atoms with Crippen LogP contribution in [-0.4, -0.2) is 36.8 Å². The van der Waals surface area contributed by atoms with Gasteiger partial charge in [0.1, 0.15) is 5.75 Å². The maximum Gasteiger partial charge on any atom is 0.254 e. The molecule has 0 unspecified atom stereocenters. The number of hydrogen-bond donors (Lipinski definition) is 2. The lowest BCUT2D eigenvalue weighted by Gasteiger charge is -2.39.